The molecule has 1 atom stereocenters. The minimum atomic E-state index is -0.209. The maximum absolute atomic E-state index is 11.1. The second-order valence-corrected chi connectivity index (χ2v) is 3.68. The van der Waals surface area contributed by atoms with Crippen molar-refractivity contribution in [3.8, 4) is 0 Å². The zero-order valence-electron chi connectivity index (χ0n) is 7.82. The number of esters is 1. The van der Waals surface area contributed by atoms with Crippen molar-refractivity contribution < 1.29 is 9.53 Å². The fraction of sp³-hybridized carbons (Fsp3) is 0.556. The predicted octanol–water partition coefficient (Wildman–Crippen LogP) is 2.55. The first-order valence-electron chi connectivity index (χ1n) is 4.33. The number of thiazole rings is 1. The molecule has 0 saturated heterocycles. The van der Waals surface area contributed by atoms with E-state index in [0.29, 0.717) is 6.42 Å². The van der Waals surface area contributed by atoms with Gasteiger partial charge in [0.25, 0.3) is 0 Å². The van der Waals surface area contributed by atoms with Crippen LogP contribution in [0.5, 0.6) is 0 Å². The number of hydrogen-bond acceptors (Lipinski definition) is 4. The summed E-state index contributed by atoms with van der Waals surface area (Å²) in [5.41, 5.74) is 0. The van der Waals surface area contributed by atoms with Crippen molar-refractivity contribution in [1.29, 1.82) is 0 Å². The zero-order valence-corrected chi connectivity index (χ0v) is 8.63. The maximum Gasteiger partial charge on any atom is 0.306 e. The highest BCUT2D eigenvalue weighted by molar-refractivity contribution is 7.09. The smallest absolute Gasteiger partial charge is 0.306 e. The van der Waals surface area contributed by atoms with Gasteiger partial charge in [-0.25, -0.2) is 4.98 Å². The molecule has 0 fully saturated rings. The zero-order chi connectivity index (χ0) is 9.68. The third-order valence-corrected chi connectivity index (χ3v) is 2.50. The molecule has 13 heavy (non-hydrogen) atoms. The molecule has 0 aromatic carbocycles. The standard InChI is InChI=1S/C9H13NO2S/c1-3-4-8(11)12-7(2)9-10-5-6-13-9/h5-7H,3-4H2,1-2H3/t7-/m1/s1. The maximum atomic E-state index is 11.1. The summed E-state index contributed by atoms with van der Waals surface area (Å²) in [6.45, 7) is 3.79. The van der Waals surface area contributed by atoms with Gasteiger partial charge >= 0.3 is 5.97 Å². The van der Waals surface area contributed by atoms with Crippen LogP contribution in [-0.2, 0) is 9.53 Å². The molecule has 3 nitrogen and oxygen atoms in total. The Hall–Kier alpha value is -0.900. The molecule has 0 bridgehead atoms. The second-order valence-electron chi connectivity index (χ2n) is 2.75. The van der Waals surface area contributed by atoms with E-state index in [1.54, 1.807) is 6.20 Å². The van der Waals surface area contributed by atoms with Gasteiger partial charge in [-0.2, -0.15) is 0 Å². The van der Waals surface area contributed by atoms with Gasteiger partial charge in [-0.05, 0) is 13.3 Å². The van der Waals surface area contributed by atoms with E-state index in [9.17, 15) is 4.79 Å². The van der Waals surface area contributed by atoms with Crippen LogP contribution >= 0.6 is 11.3 Å². The highest BCUT2D eigenvalue weighted by atomic mass is 32.1. The number of hydrogen-bond donors (Lipinski definition) is 0. The molecule has 1 aromatic heterocycles. The van der Waals surface area contributed by atoms with Gasteiger partial charge in [0.05, 0.1) is 0 Å². The van der Waals surface area contributed by atoms with Crippen LogP contribution in [0.1, 0.15) is 37.8 Å². The fourth-order valence-electron chi connectivity index (χ4n) is 0.946. The lowest BCUT2D eigenvalue weighted by molar-refractivity contribution is -0.148. The van der Waals surface area contributed by atoms with E-state index in [4.69, 9.17) is 4.74 Å². The third-order valence-electron chi connectivity index (χ3n) is 1.56. The SMILES string of the molecule is CCCC(=O)O[C@H](C)c1nccs1. The first kappa shape index (κ1) is 10.2. The Labute approximate surface area is 81.8 Å². The van der Waals surface area contributed by atoms with Crippen LogP contribution in [0.3, 0.4) is 0 Å². The number of carbonyl (C=O) groups is 1. The van der Waals surface area contributed by atoms with Crippen LogP contribution < -0.4 is 0 Å². The fourth-order valence-corrected chi connectivity index (χ4v) is 1.57. The van der Waals surface area contributed by atoms with E-state index in [1.807, 2.05) is 19.2 Å². The van der Waals surface area contributed by atoms with Crippen LogP contribution in [0, 0.1) is 0 Å². The number of aromatic nitrogens is 1. The summed E-state index contributed by atoms with van der Waals surface area (Å²) in [6.07, 6.45) is 2.81. The first-order valence-corrected chi connectivity index (χ1v) is 5.21. The van der Waals surface area contributed by atoms with Gasteiger partial charge in [-0.3, -0.25) is 4.79 Å². The number of ether oxygens (including phenoxy) is 1. The molecular formula is C9H13NO2S. The van der Waals surface area contributed by atoms with Crippen LogP contribution in [0.25, 0.3) is 0 Å². The summed E-state index contributed by atoms with van der Waals surface area (Å²) in [7, 11) is 0. The van der Waals surface area contributed by atoms with Gasteiger partial charge in [0, 0.05) is 18.0 Å². The molecule has 0 radical (unpaired) electrons. The molecule has 0 spiro atoms. The molecule has 0 unspecified atom stereocenters. The predicted molar refractivity (Wildman–Crippen MR) is 51.5 cm³/mol. The van der Waals surface area contributed by atoms with Gasteiger partial charge in [-0.15, -0.1) is 11.3 Å². The molecule has 0 saturated carbocycles. The molecule has 1 aromatic rings. The molecule has 0 amide bonds. The van der Waals surface area contributed by atoms with E-state index in [-0.39, 0.29) is 12.1 Å². The number of nitrogens with zero attached hydrogens (tertiary/aromatic N) is 1. The van der Waals surface area contributed by atoms with Gasteiger partial charge in [0.15, 0.2) is 6.10 Å². The van der Waals surface area contributed by atoms with Crippen LogP contribution in [0.2, 0.25) is 0 Å². The third kappa shape index (κ3) is 3.14. The summed E-state index contributed by atoms with van der Waals surface area (Å²) < 4.78 is 5.14. The highest BCUT2D eigenvalue weighted by Crippen LogP contribution is 2.19. The van der Waals surface area contributed by atoms with E-state index < -0.39 is 0 Å². The Kier molecular flexibility index (Phi) is 3.89. The molecule has 0 aliphatic heterocycles. The van der Waals surface area contributed by atoms with Gasteiger partial charge < -0.3 is 4.74 Å². The molecule has 0 aliphatic rings. The summed E-state index contributed by atoms with van der Waals surface area (Å²) >= 11 is 1.50. The van der Waals surface area contributed by atoms with Crippen LogP contribution in [-0.4, -0.2) is 11.0 Å². The summed E-state index contributed by atoms with van der Waals surface area (Å²) in [4.78, 5) is 15.2. The van der Waals surface area contributed by atoms with Crippen molar-refractivity contribution in [3.63, 3.8) is 0 Å². The van der Waals surface area contributed by atoms with E-state index in [2.05, 4.69) is 4.98 Å². The lowest BCUT2D eigenvalue weighted by Gasteiger charge is -2.09. The van der Waals surface area contributed by atoms with Crippen molar-refractivity contribution in [2.45, 2.75) is 32.8 Å². The van der Waals surface area contributed by atoms with E-state index >= 15 is 0 Å². The van der Waals surface area contributed by atoms with Crippen molar-refractivity contribution in [2.75, 3.05) is 0 Å². The van der Waals surface area contributed by atoms with E-state index in [0.717, 1.165) is 11.4 Å². The van der Waals surface area contributed by atoms with Crippen molar-refractivity contribution in [1.82, 2.24) is 4.98 Å². The second kappa shape index (κ2) is 4.97. The van der Waals surface area contributed by atoms with Crippen LogP contribution in [0.15, 0.2) is 11.6 Å². The molecule has 72 valence electrons. The van der Waals surface area contributed by atoms with Crippen molar-refractivity contribution in [2.24, 2.45) is 0 Å². The Balaban J connectivity index is 2.42. The minimum absolute atomic E-state index is 0.148. The minimum Gasteiger partial charge on any atom is -0.455 e. The molecule has 1 rings (SSSR count). The summed E-state index contributed by atoms with van der Waals surface area (Å²) in [5, 5.41) is 2.73. The number of rotatable bonds is 4. The molecule has 0 aliphatic carbocycles. The average molecular weight is 199 g/mol. The van der Waals surface area contributed by atoms with Gasteiger partial charge in [0.1, 0.15) is 5.01 Å². The molecular weight excluding hydrogens is 186 g/mol. The first-order chi connectivity index (χ1) is 6.24. The quantitative estimate of drug-likeness (QED) is 0.699. The Morgan fingerprint density at radius 1 is 1.77 bits per heavy atom. The Morgan fingerprint density at radius 2 is 2.54 bits per heavy atom. The highest BCUT2D eigenvalue weighted by Gasteiger charge is 2.12. The summed E-state index contributed by atoms with van der Waals surface area (Å²) in [5.74, 6) is -0.148. The lowest BCUT2D eigenvalue weighted by Crippen LogP contribution is -2.07. The molecule has 4 heteroatoms. The summed E-state index contributed by atoms with van der Waals surface area (Å²) in [6, 6.07) is 0. The average Bonchev–Trinajstić information content (AvgIpc) is 2.55. The topological polar surface area (TPSA) is 39.2 Å². The molecule has 1 heterocycles. The van der Waals surface area contributed by atoms with Gasteiger partial charge in [0.2, 0.25) is 0 Å². The monoisotopic (exact) mass is 199 g/mol. The normalized spacial score (nSPS) is 12.5. The number of carbonyl (C=O) groups excluding carboxylic acids is 1. The van der Waals surface area contributed by atoms with Gasteiger partial charge in [-0.1, -0.05) is 6.92 Å². The Morgan fingerprint density at radius 3 is 3.08 bits per heavy atom. The van der Waals surface area contributed by atoms with Crippen LogP contribution in [0.4, 0.5) is 0 Å². The van der Waals surface area contributed by atoms with E-state index in [1.165, 1.54) is 11.3 Å². The largest absolute Gasteiger partial charge is 0.455 e. The lowest BCUT2D eigenvalue weighted by atomic mass is 10.3. The molecule has 0 N–H and O–H groups in total. The Bertz CT molecular complexity index is 259. The van der Waals surface area contributed by atoms with Crippen molar-refractivity contribution in [3.05, 3.63) is 16.6 Å². The van der Waals surface area contributed by atoms with Crippen molar-refractivity contribution >= 4 is 17.3 Å².